The monoisotopic (exact) mass is 922 g/mol. The zero-order valence-electron chi connectivity index (χ0n) is 37.6. The Morgan fingerprint density at radius 2 is 0.853 bits per heavy atom. The van der Waals surface area contributed by atoms with Crippen LogP contribution in [0.15, 0.2) is 182 Å². The van der Waals surface area contributed by atoms with Crippen LogP contribution < -0.4 is 0 Å². The molecule has 9 atom stereocenters. The first-order chi connectivity index (χ1) is 33.4. The standard InChI is InChI=1S/C55H54O13/c1-59-55-51(68-54(58)43-30-18-7-19-31-43)50(67-53(57)42-28-16-6-17-29-42)49(66-52(56)41-26-14-5-15-27-41)46(65-55)37-62-47-32-44(61-34-39-22-10-3-11-23-39)48(63-35-40-24-12-4-13-25-40)45(64-47)36-60-33-38-20-8-2-9-21-38/h2-31,44-51,55H,32-37H2,1H3. The summed E-state index contributed by atoms with van der Waals surface area (Å²) in [5.74, 6) is -2.25. The second kappa shape index (κ2) is 24.5. The summed E-state index contributed by atoms with van der Waals surface area (Å²) in [6.45, 7) is 0.776. The molecule has 13 heteroatoms. The normalized spacial score (nSPS) is 23.5. The minimum absolute atomic E-state index is 0.133. The molecule has 0 amide bonds. The van der Waals surface area contributed by atoms with E-state index in [9.17, 15) is 14.4 Å². The van der Waals surface area contributed by atoms with E-state index in [1.54, 1.807) is 91.0 Å². The third-order valence-electron chi connectivity index (χ3n) is 11.5. The summed E-state index contributed by atoms with van der Waals surface area (Å²) < 4.78 is 63.7. The fourth-order valence-corrected chi connectivity index (χ4v) is 8.03. The fraction of sp³-hybridized carbons (Fsp3) is 0.291. The van der Waals surface area contributed by atoms with Crippen molar-refractivity contribution in [1.29, 1.82) is 0 Å². The Hall–Kier alpha value is -6.55. The highest BCUT2D eigenvalue weighted by atomic mass is 16.7. The molecule has 0 aliphatic carbocycles. The van der Waals surface area contributed by atoms with Crippen LogP contribution in [0.3, 0.4) is 0 Å². The molecule has 0 N–H and O–H groups in total. The molecule has 6 aromatic carbocycles. The molecule has 0 saturated carbocycles. The molecular formula is C55H54O13. The maximum absolute atomic E-state index is 14.0. The first-order valence-electron chi connectivity index (χ1n) is 22.6. The summed E-state index contributed by atoms with van der Waals surface area (Å²) in [5.41, 5.74) is 3.60. The Bertz CT molecular complexity index is 2450. The number of carbonyl (C=O) groups excluding carboxylic acids is 3. The number of rotatable bonds is 20. The molecule has 352 valence electrons. The van der Waals surface area contributed by atoms with Gasteiger partial charge in [0.25, 0.3) is 0 Å². The number of ether oxygens (including phenoxy) is 10. The van der Waals surface area contributed by atoms with Crippen LogP contribution in [-0.2, 0) is 67.2 Å². The van der Waals surface area contributed by atoms with Crippen LogP contribution in [0, 0.1) is 0 Å². The van der Waals surface area contributed by atoms with Gasteiger partial charge in [0.05, 0.1) is 55.8 Å². The van der Waals surface area contributed by atoms with Crippen LogP contribution in [0.25, 0.3) is 0 Å². The zero-order valence-corrected chi connectivity index (χ0v) is 37.6. The van der Waals surface area contributed by atoms with E-state index in [1.807, 2.05) is 91.0 Å². The summed E-state index contributed by atoms with van der Waals surface area (Å²) in [5, 5.41) is 0. The van der Waals surface area contributed by atoms with E-state index in [4.69, 9.17) is 47.4 Å². The Morgan fingerprint density at radius 3 is 1.34 bits per heavy atom. The number of esters is 3. The Labute approximate surface area is 395 Å². The van der Waals surface area contributed by atoms with Gasteiger partial charge in [-0.1, -0.05) is 146 Å². The number of hydrogen-bond acceptors (Lipinski definition) is 13. The van der Waals surface area contributed by atoms with Gasteiger partial charge >= 0.3 is 17.9 Å². The topological polar surface area (TPSA) is 144 Å². The van der Waals surface area contributed by atoms with E-state index < -0.39 is 73.2 Å². The molecule has 2 aliphatic rings. The van der Waals surface area contributed by atoms with Crippen molar-refractivity contribution in [2.45, 2.75) is 81.5 Å². The molecule has 8 rings (SSSR count). The lowest BCUT2D eigenvalue weighted by Gasteiger charge is -2.45. The third-order valence-corrected chi connectivity index (χ3v) is 11.5. The summed E-state index contributed by atoms with van der Waals surface area (Å²) in [6.07, 6.45) is -9.27. The minimum Gasteiger partial charge on any atom is -0.452 e. The van der Waals surface area contributed by atoms with Crippen LogP contribution in [0.5, 0.6) is 0 Å². The van der Waals surface area contributed by atoms with Gasteiger partial charge < -0.3 is 47.4 Å². The maximum atomic E-state index is 14.0. The first kappa shape index (κ1) is 47.9. The number of hydrogen-bond donors (Lipinski definition) is 0. The van der Waals surface area contributed by atoms with E-state index in [2.05, 4.69) is 0 Å². The van der Waals surface area contributed by atoms with Gasteiger partial charge in [-0.05, 0) is 53.1 Å². The zero-order chi connectivity index (χ0) is 46.9. The van der Waals surface area contributed by atoms with Crippen molar-refractivity contribution >= 4 is 17.9 Å². The van der Waals surface area contributed by atoms with Gasteiger partial charge in [0.2, 0.25) is 0 Å². The van der Waals surface area contributed by atoms with E-state index >= 15 is 0 Å². The molecule has 0 bridgehead atoms. The molecule has 2 aliphatic heterocycles. The van der Waals surface area contributed by atoms with Crippen molar-refractivity contribution < 1.29 is 61.8 Å². The lowest BCUT2D eigenvalue weighted by atomic mass is 9.97. The number of methoxy groups -OCH3 is 1. The Kier molecular flexibility index (Phi) is 17.2. The van der Waals surface area contributed by atoms with Crippen LogP contribution in [0.1, 0.15) is 54.2 Å². The smallest absolute Gasteiger partial charge is 0.338 e. The summed E-state index contributed by atoms with van der Waals surface area (Å²) in [6, 6.07) is 54.4. The van der Waals surface area contributed by atoms with Gasteiger partial charge in [0.1, 0.15) is 18.3 Å². The van der Waals surface area contributed by atoms with Gasteiger partial charge in [-0.25, -0.2) is 14.4 Å². The second-order valence-electron chi connectivity index (χ2n) is 16.3. The molecule has 2 saturated heterocycles. The predicted molar refractivity (Wildman–Crippen MR) is 248 cm³/mol. The molecule has 2 heterocycles. The highest BCUT2D eigenvalue weighted by Crippen LogP contribution is 2.34. The Balaban J connectivity index is 1.09. The predicted octanol–water partition coefficient (Wildman–Crippen LogP) is 8.55. The van der Waals surface area contributed by atoms with Crippen molar-refractivity contribution in [3.8, 4) is 0 Å². The molecule has 13 nitrogen and oxygen atoms in total. The molecule has 0 aromatic heterocycles. The van der Waals surface area contributed by atoms with Crippen LogP contribution in [-0.4, -0.2) is 93.5 Å². The van der Waals surface area contributed by atoms with E-state index in [1.165, 1.54) is 7.11 Å². The summed E-state index contributed by atoms with van der Waals surface area (Å²) in [4.78, 5) is 41.6. The van der Waals surface area contributed by atoms with Crippen LogP contribution in [0.4, 0.5) is 0 Å². The Morgan fingerprint density at radius 1 is 0.441 bits per heavy atom. The van der Waals surface area contributed by atoms with Crippen molar-refractivity contribution in [1.82, 2.24) is 0 Å². The fourth-order valence-electron chi connectivity index (χ4n) is 8.03. The summed E-state index contributed by atoms with van der Waals surface area (Å²) >= 11 is 0. The number of benzene rings is 6. The van der Waals surface area contributed by atoms with Crippen molar-refractivity contribution in [2.75, 3.05) is 20.3 Å². The first-order valence-corrected chi connectivity index (χ1v) is 22.6. The average Bonchev–Trinajstić information content (AvgIpc) is 3.39. The SMILES string of the molecule is COC1OC(COC2CC(OCc3ccccc3)C(OCc3ccccc3)C(COCc3ccccc3)O2)C(OC(=O)c2ccccc2)C(OC(=O)c2ccccc2)C1OC(=O)c1ccccc1. The van der Waals surface area contributed by atoms with Crippen LogP contribution in [0.2, 0.25) is 0 Å². The number of carbonyl (C=O) groups is 3. The second-order valence-corrected chi connectivity index (χ2v) is 16.3. The van der Waals surface area contributed by atoms with Gasteiger partial charge in [0.15, 0.2) is 30.9 Å². The maximum Gasteiger partial charge on any atom is 0.338 e. The molecule has 0 radical (unpaired) electrons. The van der Waals surface area contributed by atoms with E-state index in [0.29, 0.717) is 13.2 Å². The van der Waals surface area contributed by atoms with Gasteiger partial charge in [-0.2, -0.15) is 0 Å². The quantitative estimate of drug-likeness (QED) is 0.0534. The largest absolute Gasteiger partial charge is 0.452 e. The van der Waals surface area contributed by atoms with Crippen LogP contribution >= 0.6 is 0 Å². The lowest BCUT2D eigenvalue weighted by Crippen LogP contribution is -2.63. The molecule has 6 aromatic rings. The van der Waals surface area contributed by atoms with Gasteiger partial charge in [0, 0.05) is 13.5 Å². The summed E-state index contributed by atoms with van der Waals surface area (Å²) in [7, 11) is 1.37. The molecule has 68 heavy (non-hydrogen) atoms. The molecule has 2 fully saturated rings. The highest BCUT2D eigenvalue weighted by Gasteiger charge is 2.53. The third kappa shape index (κ3) is 13.1. The van der Waals surface area contributed by atoms with Gasteiger partial charge in [-0.15, -0.1) is 0 Å². The van der Waals surface area contributed by atoms with Crippen molar-refractivity contribution in [3.05, 3.63) is 215 Å². The van der Waals surface area contributed by atoms with E-state index in [-0.39, 0.29) is 42.9 Å². The van der Waals surface area contributed by atoms with Crippen molar-refractivity contribution in [3.63, 3.8) is 0 Å². The molecule has 9 unspecified atom stereocenters. The average molecular weight is 923 g/mol. The lowest BCUT2D eigenvalue weighted by molar-refractivity contribution is -0.315. The molecule has 0 spiro atoms. The molecular weight excluding hydrogens is 869 g/mol. The van der Waals surface area contributed by atoms with Gasteiger partial charge in [-0.3, -0.25) is 0 Å². The minimum atomic E-state index is -1.46. The van der Waals surface area contributed by atoms with Crippen molar-refractivity contribution in [2.24, 2.45) is 0 Å². The van der Waals surface area contributed by atoms with E-state index in [0.717, 1.165) is 16.7 Å². The highest BCUT2D eigenvalue weighted by molar-refractivity contribution is 5.91.